The third-order valence-corrected chi connectivity index (χ3v) is 2.15. The Balaban J connectivity index is 1.68. The molecule has 0 radical (unpaired) electrons. The van der Waals surface area contributed by atoms with Crippen molar-refractivity contribution in [3.63, 3.8) is 0 Å². The van der Waals surface area contributed by atoms with Gasteiger partial charge in [-0.25, -0.2) is 0 Å². The van der Waals surface area contributed by atoms with E-state index in [1.807, 2.05) is 0 Å². The lowest BCUT2D eigenvalue weighted by Crippen LogP contribution is -2.22. The number of rotatable bonds is 8. The zero-order valence-corrected chi connectivity index (χ0v) is 8.88. The lowest BCUT2D eigenvalue weighted by atomic mass is 10.4. The first-order chi connectivity index (χ1) is 6.29. The zero-order valence-electron chi connectivity index (χ0n) is 8.88. The summed E-state index contributed by atoms with van der Waals surface area (Å²) < 4.78 is 5.47. The van der Waals surface area contributed by atoms with Crippen LogP contribution in [0.15, 0.2) is 0 Å². The van der Waals surface area contributed by atoms with Gasteiger partial charge in [0.15, 0.2) is 0 Å². The maximum atomic E-state index is 5.47. The number of hydrogen-bond donors (Lipinski definition) is 1. The molecule has 1 N–H and O–H groups in total. The molecule has 13 heavy (non-hydrogen) atoms. The summed E-state index contributed by atoms with van der Waals surface area (Å²) in [5.74, 6) is 0. The first kappa shape index (κ1) is 11.0. The van der Waals surface area contributed by atoms with Gasteiger partial charge in [-0.1, -0.05) is 0 Å². The molecule has 0 amide bonds. The number of nitrogens with one attached hydrogen (secondary N) is 1. The monoisotopic (exact) mass is 186 g/mol. The molecule has 0 aromatic rings. The van der Waals surface area contributed by atoms with E-state index in [4.69, 9.17) is 4.74 Å². The molecule has 1 fully saturated rings. The Morgan fingerprint density at radius 1 is 1.31 bits per heavy atom. The Hall–Kier alpha value is -0.120. The van der Waals surface area contributed by atoms with E-state index in [2.05, 4.69) is 24.3 Å². The van der Waals surface area contributed by atoms with Crippen molar-refractivity contribution < 1.29 is 4.74 Å². The molecule has 0 atom stereocenters. The molecule has 0 saturated heterocycles. The molecule has 78 valence electrons. The Morgan fingerprint density at radius 2 is 2.08 bits per heavy atom. The molecule has 3 heteroatoms. The third kappa shape index (κ3) is 6.99. The van der Waals surface area contributed by atoms with Crippen molar-refractivity contribution in [1.29, 1.82) is 0 Å². The maximum absolute atomic E-state index is 5.47. The van der Waals surface area contributed by atoms with Crippen LogP contribution in [-0.2, 0) is 4.74 Å². The topological polar surface area (TPSA) is 24.5 Å². The highest BCUT2D eigenvalue weighted by Gasteiger charge is 2.19. The van der Waals surface area contributed by atoms with E-state index < -0.39 is 0 Å². The molecule has 0 unspecified atom stereocenters. The Bertz CT molecular complexity index is 118. The minimum Gasteiger partial charge on any atom is -0.380 e. The third-order valence-electron chi connectivity index (χ3n) is 2.15. The van der Waals surface area contributed by atoms with Crippen LogP contribution in [0.5, 0.6) is 0 Å². The summed E-state index contributed by atoms with van der Waals surface area (Å²) in [7, 11) is 4.18. The quantitative estimate of drug-likeness (QED) is 0.565. The zero-order chi connectivity index (χ0) is 9.52. The minimum absolute atomic E-state index is 0.811. The maximum Gasteiger partial charge on any atom is 0.0591 e. The molecule has 1 aliphatic carbocycles. The molecule has 0 heterocycles. The van der Waals surface area contributed by atoms with Crippen molar-refractivity contribution >= 4 is 0 Å². The fourth-order valence-corrected chi connectivity index (χ4v) is 1.21. The molecule has 0 spiro atoms. The summed E-state index contributed by atoms with van der Waals surface area (Å²) in [6, 6.07) is 0.811. The van der Waals surface area contributed by atoms with Crippen LogP contribution < -0.4 is 5.32 Å². The minimum atomic E-state index is 0.811. The normalized spacial score (nSPS) is 16.8. The van der Waals surface area contributed by atoms with Gasteiger partial charge < -0.3 is 15.0 Å². The largest absolute Gasteiger partial charge is 0.380 e. The van der Waals surface area contributed by atoms with E-state index >= 15 is 0 Å². The summed E-state index contributed by atoms with van der Waals surface area (Å²) in [6.45, 7) is 3.90. The molecular weight excluding hydrogens is 164 g/mol. The average Bonchev–Trinajstić information content (AvgIpc) is 2.86. The highest BCUT2D eigenvalue weighted by molar-refractivity contribution is 4.80. The molecule has 3 nitrogen and oxygen atoms in total. The van der Waals surface area contributed by atoms with Crippen molar-refractivity contribution in [2.24, 2.45) is 0 Å². The highest BCUT2D eigenvalue weighted by atomic mass is 16.5. The van der Waals surface area contributed by atoms with E-state index in [0.29, 0.717) is 0 Å². The SMILES string of the molecule is CN(C)CCCOCCNC1CC1. The molecule has 1 rings (SSSR count). The fourth-order valence-electron chi connectivity index (χ4n) is 1.21. The Morgan fingerprint density at radius 3 is 2.69 bits per heavy atom. The van der Waals surface area contributed by atoms with E-state index in [9.17, 15) is 0 Å². The van der Waals surface area contributed by atoms with Gasteiger partial charge in [0.2, 0.25) is 0 Å². The smallest absolute Gasteiger partial charge is 0.0591 e. The van der Waals surface area contributed by atoms with Gasteiger partial charge in [0.1, 0.15) is 0 Å². The summed E-state index contributed by atoms with van der Waals surface area (Å²) in [4.78, 5) is 2.19. The Labute approximate surface area is 81.4 Å². The van der Waals surface area contributed by atoms with Crippen molar-refractivity contribution in [1.82, 2.24) is 10.2 Å². The van der Waals surface area contributed by atoms with E-state index in [0.717, 1.165) is 38.8 Å². The van der Waals surface area contributed by atoms with Gasteiger partial charge >= 0.3 is 0 Å². The second kappa shape index (κ2) is 6.35. The standard InChI is InChI=1S/C10H22N2O/c1-12(2)7-3-8-13-9-6-11-10-4-5-10/h10-11H,3-9H2,1-2H3. The van der Waals surface area contributed by atoms with Crippen LogP contribution in [0.4, 0.5) is 0 Å². The molecule has 0 aromatic heterocycles. The first-order valence-electron chi connectivity index (χ1n) is 5.25. The number of ether oxygens (including phenoxy) is 1. The highest BCUT2D eigenvalue weighted by Crippen LogP contribution is 2.17. The number of nitrogens with zero attached hydrogens (tertiary/aromatic N) is 1. The fraction of sp³-hybridized carbons (Fsp3) is 1.00. The second-order valence-electron chi connectivity index (χ2n) is 4.00. The van der Waals surface area contributed by atoms with Crippen LogP contribution in [-0.4, -0.2) is 51.3 Å². The molecule has 0 bridgehead atoms. The van der Waals surface area contributed by atoms with Gasteiger partial charge in [-0.05, 0) is 39.9 Å². The summed E-state index contributed by atoms with van der Waals surface area (Å²) in [5.41, 5.74) is 0. The molecule has 0 aliphatic heterocycles. The van der Waals surface area contributed by atoms with E-state index in [-0.39, 0.29) is 0 Å². The van der Waals surface area contributed by atoms with Crippen molar-refractivity contribution in [3.8, 4) is 0 Å². The molecule has 1 saturated carbocycles. The molecular formula is C10H22N2O. The van der Waals surface area contributed by atoms with Gasteiger partial charge in [-0.3, -0.25) is 0 Å². The van der Waals surface area contributed by atoms with Crippen molar-refractivity contribution in [2.45, 2.75) is 25.3 Å². The van der Waals surface area contributed by atoms with E-state index in [1.165, 1.54) is 12.8 Å². The van der Waals surface area contributed by atoms with Crippen LogP contribution in [0.3, 0.4) is 0 Å². The summed E-state index contributed by atoms with van der Waals surface area (Å²) in [5, 5.41) is 3.42. The predicted molar refractivity (Wildman–Crippen MR) is 55.0 cm³/mol. The molecule has 0 aromatic carbocycles. The van der Waals surface area contributed by atoms with Crippen LogP contribution in [0.25, 0.3) is 0 Å². The first-order valence-corrected chi connectivity index (χ1v) is 5.25. The van der Waals surface area contributed by atoms with Gasteiger partial charge in [-0.15, -0.1) is 0 Å². The van der Waals surface area contributed by atoms with Gasteiger partial charge in [0.25, 0.3) is 0 Å². The van der Waals surface area contributed by atoms with Crippen molar-refractivity contribution in [3.05, 3.63) is 0 Å². The lowest BCUT2D eigenvalue weighted by molar-refractivity contribution is 0.127. The van der Waals surface area contributed by atoms with Crippen LogP contribution >= 0.6 is 0 Å². The van der Waals surface area contributed by atoms with Gasteiger partial charge in [-0.2, -0.15) is 0 Å². The average molecular weight is 186 g/mol. The van der Waals surface area contributed by atoms with Crippen LogP contribution in [0.1, 0.15) is 19.3 Å². The number of hydrogen-bond acceptors (Lipinski definition) is 3. The van der Waals surface area contributed by atoms with Crippen LogP contribution in [0, 0.1) is 0 Å². The van der Waals surface area contributed by atoms with Gasteiger partial charge in [0, 0.05) is 19.2 Å². The van der Waals surface area contributed by atoms with Crippen molar-refractivity contribution in [2.75, 3.05) is 40.4 Å². The Kier molecular flexibility index (Phi) is 5.35. The lowest BCUT2D eigenvalue weighted by Gasteiger charge is -2.09. The van der Waals surface area contributed by atoms with E-state index in [1.54, 1.807) is 0 Å². The van der Waals surface area contributed by atoms with Crippen LogP contribution in [0.2, 0.25) is 0 Å². The molecule has 1 aliphatic rings. The predicted octanol–water partition coefficient (Wildman–Crippen LogP) is 0.707. The van der Waals surface area contributed by atoms with Gasteiger partial charge in [0.05, 0.1) is 6.61 Å². The second-order valence-corrected chi connectivity index (χ2v) is 4.00. The summed E-state index contributed by atoms with van der Waals surface area (Å²) >= 11 is 0. The summed E-state index contributed by atoms with van der Waals surface area (Å²) in [6.07, 6.45) is 3.86.